The SMILES string of the molecule is CCCCCC(NC(C)c1nn[nH]n1)c1ccccc1. The van der Waals surface area contributed by atoms with Crippen molar-refractivity contribution in [2.75, 3.05) is 0 Å². The molecule has 20 heavy (non-hydrogen) atoms. The molecule has 0 aliphatic rings. The van der Waals surface area contributed by atoms with E-state index in [1.54, 1.807) is 0 Å². The van der Waals surface area contributed by atoms with E-state index in [1.807, 2.05) is 0 Å². The summed E-state index contributed by atoms with van der Waals surface area (Å²) in [6.07, 6.45) is 4.85. The van der Waals surface area contributed by atoms with Gasteiger partial charge in [-0.2, -0.15) is 5.21 Å². The highest BCUT2D eigenvalue weighted by Gasteiger charge is 2.17. The minimum atomic E-state index is 0.0839. The van der Waals surface area contributed by atoms with Crippen molar-refractivity contribution in [2.24, 2.45) is 0 Å². The lowest BCUT2D eigenvalue weighted by atomic mass is 9.99. The fourth-order valence-electron chi connectivity index (χ4n) is 2.36. The van der Waals surface area contributed by atoms with Crippen LogP contribution in [0.25, 0.3) is 0 Å². The van der Waals surface area contributed by atoms with Gasteiger partial charge >= 0.3 is 0 Å². The van der Waals surface area contributed by atoms with E-state index in [9.17, 15) is 0 Å². The Morgan fingerprint density at radius 3 is 2.65 bits per heavy atom. The maximum absolute atomic E-state index is 4.05. The monoisotopic (exact) mass is 273 g/mol. The van der Waals surface area contributed by atoms with Crippen molar-refractivity contribution in [3.63, 3.8) is 0 Å². The van der Waals surface area contributed by atoms with E-state index in [2.05, 4.69) is 70.1 Å². The number of hydrogen-bond acceptors (Lipinski definition) is 4. The number of aromatic nitrogens is 4. The van der Waals surface area contributed by atoms with E-state index in [4.69, 9.17) is 0 Å². The molecule has 1 aromatic heterocycles. The van der Waals surface area contributed by atoms with Gasteiger partial charge in [-0.15, -0.1) is 10.2 Å². The molecule has 0 amide bonds. The Kier molecular flexibility index (Phi) is 5.68. The molecular formula is C15H23N5. The van der Waals surface area contributed by atoms with Crippen LogP contribution >= 0.6 is 0 Å². The van der Waals surface area contributed by atoms with Crippen LogP contribution in [0.15, 0.2) is 30.3 Å². The van der Waals surface area contributed by atoms with Gasteiger partial charge in [0.25, 0.3) is 0 Å². The maximum Gasteiger partial charge on any atom is 0.191 e. The number of tetrazole rings is 1. The summed E-state index contributed by atoms with van der Waals surface area (Å²) in [6, 6.07) is 11.0. The van der Waals surface area contributed by atoms with Crippen LogP contribution in [0.4, 0.5) is 0 Å². The lowest BCUT2D eigenvalue weighted by Crippen LogP contribution is -2.25. The van der Waals surface area contributed by atoms with E-state index >= 15 is 0 Å². The highest BCUT2D eigenvalue weighted by Crippen LogP contribution is 2.23. The summed E-state index contributed by atoms with van der Waals surface area (Å²) in [5, 5.41) is 17.8. The molecule has 0 bridgehead atoms. The zero-order valence-electron chi connectivity index (χ0n) is 12.2. The van der Waals surface area contributed by atoms with Crippen LogP contribution in [0.3, 0.4) is 0 Å². The Bertz CT molecular complexity index is 468. The van der Waals surface area contributed by atoms with Crippen LogP contribution in [0.2, 0.25) is 0 Å². The van der Waals surface area contributed by atoms with E-state index in [1.165, 1.54) is 24.8 Å². The Balaban J connectivity index is 2.02. The molecule has 5 nitrogen and oxygen atoms in total. The van der Waals surface area contributed by atoms with Gasteiger partial charge in [-0.1, -0.05) is 61.7 Å². The van der Waals surface area contributed by atoms with Crippen molar-refractivity contribution in [3.8, 4) is 0 Å². The van der Waals surface area contributed by atoms with Crippen LogP contribution < -0.4 is 5.32 Å². The first-order chi connectivity index (χ1) is 9.81. The van der Waals surface area contributed by atoms with Gasteiger partial charge < -0.3 is 5.32 Å². The standard InChI is InChI=1S/C15H23N5/c1-3-4-6-11-14(13-9-7-5-8-10-13)16-12(2)15-17-19-20-18-15/h5,7-10,12,14,16H,3-4,6,11H2,1-2H3,(H,17,18,19,20). The Morgan fingerprint density at radius 1 is 1.20 bits per heavy atom. The Labute approximate surface area is 120 Å². The number of rotatable bonds is 8. The van der Waals surface area contributed by atoms with E-state index in [0.29, 0.717) is 11.9 Å². The first kappa shape index (κ1) is 14.7. The van der Waals surface area contributed by atoms with Gasteiger partial charge in [-0.05, 0) is 18.9 Å². The third kappa shape index (κ3) is 4.13. The summed E-state index contributed by atoms with van der Waals surface area (Å²) in [7, 11) is 0. The fraction of sp³-hybridized carbons (Fsp3) is 0.533. The summed E-state index contributed by atoms with van der Waals surface area (Å²) in [5.74, 6) is 0.710. The summed E-state index contributed by atoms with van der Waals surface area (Å²) < 4.78 is 0. The van der Waals surface area contributed by atoms with E-state index < -0.39 is 0 Å². The summed E-state index contributed by atoms with van der Waals surface area (Å²) in [6.45, 7) is 4.30. The molecule has 1 aromatic carbocycles. The molecule has 2 aromatic rings. The Hall–Kier alpha value is -1.75. The van der Waals surface area contributed by atoms with Crippen molar-refractivity contribution in [1.29, 1.82) is 0 Å². The molecule has 2 rings (SSSR count). The lowest BCUT2D eigenvalue weighted by molar-refractivity contribution is 0.417. The molecule has 0 aliphatic heterocycles. The van der Waals surface area contributed by atoms with E-state index in [-0.39, 0.29) is 6.04 Å². The molecule has 0 fully saturated rings. The molecule has 2 atom stereocenters. The number of hydrogen-bond donors (Lipinski definition) is 2. The molecule has 5 heteroatoms. The van der Waals surface area contributed by atoms with Crippen molar-refractivity contribution in [2.45, 2.75) is 51.6 Å². The van der Waals surface area contributed by atoms with Crippen LogP contribution in [0.5, 0.6) is 0 Å². The largest absolute Gasteiger partial charge is 0.300 e. The summed E-state index contributed by atoms with van der Waals surface area (Å²) in [5.41, 5.74) is 1.32. The minimum Gasteiger partial charge on any atom is -0.300 e. The molecule has 0 aliphatic carbocycles. The van der Waals surface area contributed by atoms with Gasteiger partial charge in [0.15, 0.2) is 5.82 Å². The number of nitrogens with zero attached hydrogens (tertiary/aromatic N) is 3. The molecule has 0 spiro atoms. The Morgan fingerprint density at radius 2 is 2.00 bits per heavy atom. The topological polar surface area (TPSA) is 66.5 Å². The summed E-state index contributed by atoms with van der Waals surface area (Å²) in [4.78, 5) is 0. The van der Waals surface area contributed by atoms with Crippen molar-refractivity contribution in [1.82, 2.24) is 25.9 Å². The van der Waals surface area contributed by atoms with Crippen LogP contribution in [0.1, 0.15) is 63.0 Å². The second kappa shape index (κ2) is 7.75. The van der Waals surface area contributed by atoms with Crippen molar-refractivity contribution >= 4 is 0 Å². The highest BCUT2D eigenvalue weighted by molar-refractivity contribution is 5.19. The quantitative estimate of drug-likeness (QED) is 0.725. The molecule has 0 saturated carbocycles. The fourth-order valence-corrected chi connectivity index (χ4v) is 2.36. The highest BCUT2D eigenvalue weighted by atomic mass is 15.5. The molecule has 1 heterocycles. The zero-order chi connectivity index (χ0) is 14.2. The first-order valence-corrected chi connectivity index (χ1v) is 7.35. The zero-order valence-corrected chi connectivity index (χ0v) is 12.2. The van der Waals surface area contributed by atoms with Crippen LogP contribution in [0, 0.1) is 0 Å². The second-order valence-corrected chi connectivity index (χ2v) is 5.12. The van der Waals surface area contributed by atoms with Crippen molar-refractivity contribution < 1.29 is 0 Å². The lowest BCUT2D eigenvalue weighted by Gasteiger charge is -2.22. The maximum atomic E-state index is 4.05. The van der Waals surface area contributed by atoms with Crippen LogP contribution in [-0.4, -0.2) is 20.6 Å². The van der Waals surface area contributed by atoms with E-state index in [0.717, 1.165) is 6.42 Å². The normalized spacial score (nSPS) is 14.1. The van der Waals surface area contributed by atoms with Gasteiger partial charge in [0.1, 0.15) is 0 Å². The van der Waals surface area contributed by atoms with Gasteiger partial charge in [0, 0.05) is 6.04 Å². The van der Waals surface area contributed by atoms with Gasteiger partial charge in [-0.25, -0.2) is 0 Å². The summed E-state index contributed by atoms with van der Waals surface area (Å²) >= 11 is 0. The predicted octanol–water partition coefficient (Wildman–Crippen LogP) is 3.17. The average molecular weight is 273 g/mol. The smallest absolute Gasteiger partial charge is 0.191 e. The molecule has 2 N–H and O–H groups in total. The van der Waals surface area contributed by atoms with Gasteiger partial charge in [0.05, 0.1) is 6.04 Å². The first-order valence-electron chi connectivity index (χ1n) is 7.35. The van der Waals surface area contributed by atoms with Gasteiger partial charge in [0.2, 0.25) is 0 Å². The van der Waals surface area contributed by atoms with Gasteiger partial charge in [-0.3, -0.25) is 0 Å². The molecule has 108 valence electrons. The molecule has 2 unspecified atom stereocenters. The third-order valence-electron chi connectivity index (χ3n) is 3.50. The third-order valence-corrected chi connectivity index (χ3v) is 3.50. The number of aromatic amines is 1. The van der Waals surface area contributed by atoms with Crippen molar-refractivity contribution in [3.05, 3.63) is 41.7 Å². The second-order valence-electron chi connectivity index (χ2n) is 5.12. The molecule has 0 radical (unpaired) electrons. The molecule has 0 saturated heterocycles. The minimum absolute atomic E-state index is 0.0839. The number of unbranched alkanes of at least 4 members (excludes halogenated alkanes) is 2. The predicted molar refractivity (Wildman–Crippen MR) is 79.1 cm³/mol. The number of H-pyrrole nitrogens is 1. The molecular weight excluding hydrogens is 250 g/mol. The number of nitrogens with one attached hydrogen (secondary N) is 2. The van der Waals surface area contributed by atoms with Crippen LogP contribution in [-0.2, 0) is 0 Å². The number of benzene rings is 1. The average Bonchev–Trinajstić information content (AvgIpc) is 3.01.